The third-order valence-corrected chi connectivity index (χ3v) is 6.45. The molecule has 10 heteroatoms. The van der Waals surface area contributed by atoms with Crippen LogP contribution in [0.25, 0.3) is 0 Å². The molecule has 3 rings (SSSR count). The highest BCUT2D eigenvalue weighted by Gasteiger charge is 2.26. The van der Waals surface area contributed by atoms with Gasteiger partial charge in [-0.3, -0.25) is 9.59 Å². The van der Waals surface area contributed by atoms with E-state index in [9.17, 15) is 9.59 Å². The number of carbonyl (C=O) groups is 2. The van der Waals surface area contributed by atoms with Gasteiger partial charge >= 0.3 is 0 Å². The summed E-state index contributed by atoms with van der Waals surface area (Å²) in [4.78, 5) is 25.4. The second-order valence-corrected chi connectivity index (χ2v) is 10.1. The van der Waals surface area contributed by atoms with E-state index in [-0.39, 0.29) is 29.5 Å². The summed E-state index contributed by atoms with van der Waals surface area (Å²) < 4.78 is 1.86. The third-order valence-electron chi connectivity index (χ3n) is 5.05. The maximum absolute atomic E-state index is 12.9. The Balaban J connectivity index is 1.75. The molecule has 2 aromatic carbocycles. The van der Waals surface area contributed by atoms with Crippen LogP contribution >= 0.6 is 35.0 Å². The van der Waals surface area contributed by atoms with E-state index in [1.54, 1.807) is 30.3 Å². The van der Waals surface area contributed by atoms with Crippen LogP contribution in [0.2, 0.25) is 10.0 Å². The number of rotatable bonds is 10. The second-order valence-electron chi connectivity index (χ2n) is 8.30. The van der Waals surface area contributed by atoms with Crippen molar-refractivity contribution in [2.45, 2.75) is 38.5 Å². The van der Waals surface area contributed by atoms with E-state index in [0.29, 0.717) is 38.8 Å². The van der Waals surface area contributed by atoms with Crippen molar-refractivity contribution in [3.05, 3.63) is 82.1 Å². The van der Waals surface area contributed by atoms with Gasteiger partial charge in [-0.05, 0) is 43.2 Å². The molecule has 0 fully saturated rings. The van der Waals surface area contributed by atoms with Crippen molar-refractivity contribution < 1.29 is 9.59 Å². The van der Waals surface area contributed by atoms with Gasteiger partial charge in [-0.25, -0.2) is 0 Å². The van der Waals surface area contributed by atoms with Crippen LogP contribution in [0, 0.1) is 12.8 Å². The summed E-state index contributed by atoms with van der Waals surface area (Å²) in [5, 5.41) is 15.9. The van der Waals surface area contributed by atoms with Crippen molar-refractivity contribution in [3.63, 3.8) is 0 Å². The second kappa shape index (κ2) is 12.2. The third kappa shape index (κ3) is 7.34. The zero-order valence-corrected chi connectivity index (χ0v) is 22.0. The molecule has 0 aliphatic heterocycles. The number of hydrogen-bond donors (Lipinski definition) is 2. The molecule has 1 aromatic heterocycles. The fourth-order valence-corrected chi connectivity index (χ4v) is 4.71. The van der Waals surface area contributed by atoms with Crippen LogP contribution in [0.3, 0.4) is 0 Å². The van der Waals surface area contributed by atoms with E-state index in [1.807, 2.05) is 43.5 Å². The molecule has 184 valence electrons. The fraction of sp³-hybridized carbons (Fsp3) is 0.280. The van der Waals surface area contributed by atoms with Gasteiger partial charge in [0.15, 0.2) is 11.0 Å². The van der Waals surface area contributed by atoms with E-state index >= 15 is 0 Å². The smallest absolute Gasteiger partial charge is 0.251 e. The Morgan fingerprint density at radius 2 is 1.86 bits per heavy atom. The molecule has 1 atom stereocenters. The lowest BCUT2D eigenvalue weighted by Crippen LogP contribution is -2.34. The van der Waals surface area contributed by atoms with Gasteiger partial charge in [-0.15, -0.1) is 16.8 Å². The number of thioether (sulfide) groups is 1. The fourth-order valence-electron chi connectivity index (χ4n) is 3.43. The minimum absolute atomic E-state index is 0.0465. The predicted octanol–water partition coefficient (Wildman–Crippen LogP) is 5.94. The maximum Gasteiger partial charge on any atom is 0.251 e. The van der Waals surface area contributed by atoms with E-state index in [4.69, 9.17) is 23.2 Å². The SMILES string of the molecule is C=CCn1c(SCC(=O)Nc2cc(Cl)cc(Cl)c2)nnc1[C@H](NC(=O)c1cccc(C)c1)C(C)C. The van der Waals surface area contributed by atoms with Crippen LogP contribution < -0.4 is 10.6 Å². The minimum Gasteiger partial charge on any atom is -0.342 e. The van der Waals surface area contributed by atoms with Gasteiger partial charge in [0.25, 0.3) is 5.91 Å². The number of nitrogens with one attached hydrogen (secondary N) is 2. The highest BCUT2D eigenvalue weighted by atomic mass is 35.5. The summed E-state index contributed by atoms with van der Waals surface area (Å²) >= 11 is 13.2. The molecular weight excluding hydrogens is 505 g/mol. The molecule has 0 aliphatic carbocycles. The number of carbonyl (C=O) groups excluding carboxylic acids is 2. The number of benzene rings is 2. The average molecular weight is 532 g/mol. The quantitative estimate of drug-likeness (QED) is 0.249. The Morgan fingerprint density at radius 3 is 2.49 bits per heavy atom. The van der Waals surface area contributed by atoms with Gasteiger partial charge in [-0.1, -0.05) is 72.6 Å². The van der Waals surface area contributed by atoms with E-state index < -0.39 is 0 Å². The van der Waals surface area contributed by atoms with Crippen molar-refractivity contribution >= 4 is 52.5 Å². The molecule has 0 saturated carbocycles. The Labute approximate surface area is 219 Å². The van der Waals surface area contributed by atoms with Crippen LogP contribution in [0.4, 0.5) is 5.69 Å². The molecule has 3 aromatic rings. The van der Waals surface area contributed by atoms with Gasteiger partial charge in [0.1, 0.15) is 0 Å². The summed E-state index contributed by atoms with van der Waals surface area (Å²) in [6.45, 7) is 10.2. The van der Waals surface area contributed by atoms with Crippen molar-refractivity contribution in [2.75, 3.05) is 11.1 Å². The summed E-state index contributed by atoms with van der Waals surface area (Å²) in [5.41, 5.74) is 2.10. The lowest BCUT2D eigenvalue weighted by atomic mass is 10.0. The number of amides is 2. The first kappa shape index (κ1) is 26.8. The molecule has 0 saturated heterocycles. The zero-order valence-electron chi connectivity index (χ0n) is 19.7. The molecule has 0 aliphatic rings. The van der Waals surface area contributed by atoms with Gasteiger partial charge in [0.2, 0.25) is 5.91 Å². The number of allylic oxidation sites excluding steroid dienone is 1. The summed E-state index contributed by atoms with van der Waals surface area (Å²) in [7, 11) is 0. The molecule has 0 radical (unpaired) electrons. The average Bonchev–Trinajstić information content (AvgIpc) is 3.17. The Hall–Kier alpha value is -2.81. The van der Waals surface area contributed by atoms with Gasteiger partial charge in [-0.2, -0.15) is 0 Å². The number of halogens is 2. The normalized spacial score (nSPS) is 11.8. The Kier molecular flexibility index (Phi) is 9.37. The van der Waals surface area contributed by atoms with Gasteiger partial charge in [0.05, 0.1) is 11.8 Å². The summed E-state index contributed by atoms with van der Waals surface area (Å²) in [6, 6.07) is 11.9. The van der Waals surface area contributed by atoms with Crippen LogP contribution in [-0.2, 0) is 11.3 Å². The maximum atomic E-state index is 12.9. The van der Waals surface area contributed by atoms with E-state index in [1.165, 1.54) is 11.8 Å². The van der Waals surface area contributed by atoms with Crippen molar-refractivity contribution in [1.29, 1.82) is 0 Å². The lowest BCUT2D eigenvalue weighted by Gasteiger charge is -2.22. The topological polar surface area (TPSA) is 88.9 Å². The van der Waals surface area contributed by atoms with Crippen LogP contribution in [0.1, 0.15) is 41.6 Å². The van der Waals surface area contributed by atoms with Crippen LogP contribution in [0.15, 0.2) is 60.3 Å². The predicted molar refractivity (Wildman–Crippen MR) is 142 cm³/mol. The van der Waals surface area contributed by atoms with Gasteiger partial charge < -0.3 is 15.2 Å². The number of nitrogens with zero attached hydrogens (tertiary/aromatic N) is 3. The number of aromatic nitrogens is 3. The highest BCUT2D eigenvalue weighted by molar-refractivity contribution is 7.99. The van der Waals surface area contributed by atoms with E-state index in [2.05, 4.69) is 27.4 Å². The van der Waals surface area contributed by atoms with Crippen molar-refractivity contribution in [1.82, 2.24) is 20.1 Å². The molecule has 0 spiro atoms. The Morgan fingerprint density at radius 1 is 1.14 bits per heavy atom. The lowest BCUT2D eigenvalue weighted by molar-refractivity contribution is -0.113. The number of hydrogen-bond acceptors (Lipinski definition) is 5. The summed E-state index contributed by atoms with van der Waals surface area (Å²) in [5.74, 6) is 0.322. The molecule has 7 nitrogen and oxygen atoms in total. The minimum atomic E-state index is -0.382. The van der Waals surface area contributed by atoms with E-state index in [0.717, 1.165) is 5.56 Å². The molecule has 2 amide bonds. The van der Waals surface area contributed by atoms with Crippen molar-refractivity contribution in [3.8, 4) is 0 Å². The molecule has 0 bridgehead atoms. The first-order valence-corrected chi connectivity index (χ1v) is 12.7. The zero-order chi connectivity index (χ0) is 25.5. The van der Waals surface area contributed by atoms with Gasteiger partial charge in [0, 0.05) is 27.8 Å². The molecule has 0 unspecified atom stereocenters. The first-order chi connectivity index (χ1) is 16.7. The largest absolute Gasteiger partial charge is 0.342 e. The molecule has 35 heavy (non-hydrogen) atoms. The molecule has 1 heterocycles. The van der Waals surface area contributed by atoms with Crippen LogP contribution in [-0.4, -0.2) is 32.3 Å². The molecular formula is C25H27Cl2N5O2S. The first-order valence-electron chi connectivity index (χ1n) is 11.0. The number of anilines is 1. The van der Waals surface area contributed by atoms with Crippen molar-refractivity contribution in [2.24, 2.45) is 5.92 Å². The number of aryl methyl sites for hydroxylation is 1. The summed E-state index contributed by atoms with van der Waals surface area (Å²) in [6.07, 6.45) is 1.73. The monoisotopic (exact) mass is 531 g/mol. The highest BCUT2D eigenvalue weighted by Crippen LogP contribution is 2.27. The molecule has 2 N–H and O–H groups in total. The Bertz CT molecular complexity index is 1210. The standard InChI is InChI=1S/C25H27Cl2N5O2S/c1-5-9-32-23(22(15(2)3)29-24(34)17-8-6-7-16(4)10-17)30-31-25(32)35-14-21(33)28-20-12-18(26)11-19(27)13-20/h5-8,10-13,15,22H,1,9,14H2,2-4H3,(H,28,33)(H,29,34)/t22-/m1/s1. The van der Waals surface area contributed by atoms with Crippen LogP contribution in [0.5, 0.6) is 0 Å².